The minimum absolute atomic E-state index is 0.852. The Morgan fingerprint density at radius 3 is 2.94 bits per heavy atom. The normalized spacial score (nSPS) is 22.2. The molecule has 0 saturated carbocycles. The van der Waals surface area contributed by atoms with Crippen LogP contribution in [0.3, 0.4) is 0 Å². The van der Waals surface area contributed by atoms with E-state index in [0.717, 1.165) is 25.4 Å². The SMILES string of the molecule is C=C(CC)CN1CCCC(CNCCC)C1. The molecule has 94 valence electrons. The van der Waals surface area contributed by atoms with Crippen molar-refractivity contribution in [1.82, 2.24) is 10.2 Å². The molecule has 0 aromatic heterocycles. The Morgan fingerprint density at radius 2 is 2.25 bits per heavy atom. The van der Waals surface area contributed by atoms with Crippen molar-refractivity contribution in [2.45, 2.75) is 39.5 Å². The molecule has 16 heavy (non-hydrogen) atoms. The largest absolute Gasteiger partial charge is 0.316 e. The van der Waals surface area contributed by atoms with Crippen molar-refractivity contribution in [1.29, 1.82) is 0 Å². The van der Waals surface area contributed by atoms with Crippen LogP contribution >= 0.6 is 0 Å². The van der Waals surface area contributed by atoms with E-state index in [1.54, 1.807) is 0 Å². The Bertz CT molecular complexity index is 201. The number of rotatable bonds is 7. The van der Waals surface area contributed by atoms with E-state index in [2.05, 4.69) is 30.6 Å². The third-order valence-electron chi connectivity index (χ3n) is 3.41. The van der Waals surface area contributed by atoms with Crippen molar-refractivity contribution >= 4 is 0 Å². The first kappa shape index (κ1) is 13.7. The fourth-order valence-electron chi connectivity index (χ4n) is 2.37. The molecule has 1 rings (SSSR count). The second kappa shape index (κ2) is 7.86. The Hall–Kier alpha value is -0.340. The summed E-state index contributed by atoms with van der Waals surface area (Å²) in [5, 5.41) is 3.54. The molecule has 1 atom stereocenters. The molecule has 1 aliphatic heterocycles. The van der Waals surface area contributed by atoms with Crippen LogP contribution in [0.25, 0.3) is 0 Å². The van der Waals surface area contributed by atoms with E-state index < -0.39 is 0 Å². The molecule has 1 saturated heterocycles. The summed E-state index contributed by atoms with van der Waals surface area (Å²) >= 11 is 0. The maximum atomic E-state index is 4.11. The van der Waals surface area contributed by atoms with Gasteiger partial charge in [-0.25, -0.2) is 0 Å². The van der Waals surface area contributed by atoms with Crippen LogP contribution in [0.1, 0.15) is 39.5 Å². The van der Waals surface area contributed by atoms with Crippen LogP contribution in [0.5, 0.6) is 0 Å². The summed E-state index contributed by atoms with van der Waals surface area (Å²) in [6.45, 7) is 14.5. The van der Waals surface area contributed by atoms with E-state index in [0.29, 0.717) is 0 Å². The molecule has 2 nitrogen and oxygen atoms in total. The van der Waals surface area contributed by atoms with Crippen molar-refractivity contribution in [3.63, 3.8) is 0 Å². The van der Waals surface area contributed by atoms with Gasteiger partial charge in [0.1, 0.15) is 0 Å². The first-order chi connectivity index (χ1) is 7.76. The average Bonchev–Trinajstić information content (AvgIpc) is 2.30. The van der Waals surface area contributed by atoms with E-state index in [9.17, 15) is 0 Å². The summed E-state index contributed by atoms with van der Waals surface area (Å²) in [6, 6.07) is 0. The molecule has 0 radical (unpaired) electrons. The molecule has 0 aromatic rings. The number of nitrogens with zero attached hydrogens (tertiary/aromatic N) is 1. The van der Waals surface area contributed by atoms with Crippen LogP contribution in [0.4, 0.5) is 0 Å². The molecule has 1 fully saturated rings. The van der Waals surface area contributed by atoms with Crippen molar-refractivity contribution in [2.75, 3.05) is 32.7 Å². The van der Waals surface area contributed by atoms with Gasteiger partial charge in [0.15, 0.2) is 0 Å². The molecule has 0 amide bonds. The molecular weight excluding hydrogens is 196 g/mol. The summed E-state index contributed by atoms with van der Waals surface area (Å²) in [5.41, 5.74) is 1.38. The van der Waals surface area contributed by atoms with Crippen LogP contribution in [-0.4, -0.2) is 37.6 Å². The fraction of sp³-hybridized carbons (Fsp3) is 0.857. The Kier molecular flexibility index (Phi) is 6.74. The summed E-state index contributed by atoms with van der Waals surface area (Å²) in [7, 11) is 0. The first-order valence-corrected chi connectivity index (χ1v) is 6.86. The fourth-order valence-corrected chi connectivity index (χ4v) is 2.37. The lowest BCUT2D eigenvalue weighted by Gasteiger charge is -2.33. The van der Waals surface area contributed by atoms with Crippen LogP contribution in [0.2, 0.25) is 0 Å². The highest BCUT2D eigenvalue weighted by Crippen LogP contribution is 2.17. The maximum Gasteiger partial charge on any atom is 0.0190 e. The Labute approximate surface area is 101 Å². The van der Waals surface area contributed by atoms with E-state index >= 15 is 0 Å². The number of piperidine rings is 1. The summed E-state index contributed by atoms with van der Waals surface area (Å²) in [6.07, 6.45) is 5.11. The smallest absolute Gasteiger partial charge is 0.0190 e. The zero-order valence-corrected chi connectivity index (χ0v) is 11.1. The molecule has 1 aliphatic rings. The van der Waals surface area contributed by atoms with Crippen LogP contribution in [0, 0.1) is 5.92 Å². The van der Waals surface area contributed by atoms with Crippen molar-refractivity contribution in [2.24, 2.45) is 5.92 Å². The third-order valence-corrected chi connectivity index (χ3v) is 3.41. The summed E-state index contributed by atoms with van der Waals surface area (Å²) < 4.78 is 0. The number of nitrogens with one attached hydrogen (secondary N) is 1. The standard InChI is InChI=1S/C14H28N2/c1-4-8-15-10-14-7-6-9-16(12-14)11-13(3)5-2/h14-15H,3-12H2,1-2H3. The van der Waals surface area contributed by atoms with E-state index in [1.807, 2.05) is 0 Å². The molecule has 0 spiro atoms. The number of hydrogen-bond acceptors (Lipinski definition) is 2. The van der Waals surface area contributed by atoms with Crippen molar-refractivity contribution in [3.8, 4) is 0 Å². The lowest BCUT2D eigenvalue weighted by atomic mass is 9.97. The molecule has 0 aromatic carbocycles. The predicted molar refractivity (Wildman–Crippen MR) is 71.8 cm³/mol. The van der Waals surface area contributed by atoms with Gasteiger partial charge in [-0.05, 0) is 51.2 Å². The monoisotopic (exact) mass is 224 g/mol. The topological polar surface area (TPSA) is 15.3 Å². The van der Waals surface area contributed by atoms with Crippen molar-refractivity contribution in [3.05, 3.63) is 12.2 Å². The predicted octanol–water partition coefficient (Wildman–Crippen LogP) is 2.66. The van der Waals surface area contributed by atoms with Gasteiger partial charge in [0, 0.05) is 13.1 Å². The highest BCUT2D eigenvalue weighted by atomic mass is 15.1. The molecule has 0 aliphatic carbocycles. The molecule has 0 bridgehead atoms. The van der Waals surface area contributed by atoms with E-state index in [1.165, 1.54) is 44.5 Å². The number of hydrogen-bond donors (Lipinski definition) is 1. The highest BCUT2D eigenvalue weighted by Gasteiger charge is 2.19. The number of likely N-dealkylation sites (tertiary alicyclic amines) is 1. The summed E-state index contributed by atoms with van der Waals surface area (Å²) in [4.78, 5) is 2.58. The van der Waals surface area contributed by atoms with Gasteiger partial charge in [-0.3, -0.25) is 4.90 Å². The minimum Gasteiger partial charge on any atom is -0.316 e. The zero-order chi connectivity index (χ0) is 11.8. The van der Waals surface area contributed by atoms with Crippen LogP contribution in [0.15, 0.2) is 12.2 Å². The van der Waals surface area contributed by atoms with Gasteiger partial charge in [-0.1, -0.05) is 26.0 Å². The summed E-state index contributed by atoms with van der Waals surface area (Å²) in [5.74, 6) is 0.852. The highest BCUT2D eigenvalue weighted by molar-refractivity contribution is 4.96. The molecule has 2 heteroatoms. The van der Waals surface area contributed by atoms with Crippen molar-refractivity contribution < 1.29 is 0 Å². The van der Waals surface area contributed by atoms with Gasteiger partial charge in [0.05, 0.1) is 0 Å². The quantitative estimate of drug-likeness (QED) is 0.528. The van der Waals surface area contributed by atoms with Crippen LogP contribution in [-0.2, 0) is 0 Å². The average molecular weight is 224 g/mol. The third kappa shape index (κ3) is 5.13. The Morgan fingerprint density at radius 1 is 1.44 bits per heavy atom. The van der Waals surface area contributed by atoms with E-state index in [-0.39, 0.29) is 0 Å². The molecule has 1 unspecified atom stereocenters. The second-order valence-electron chi connectivity index (χ2n) is 5.05. The van der Waals surface area contributed by atoms with Gasteiger partial charge < -0.3 is 5.32 Å². The maximum absolute atomic E-state index is 4.11. The van der Waals surface area contributed by atoms with Gasteiger partial charge >= 0.3 is 0 Å². The van der Waals surface area contributed by atoms with Gasteiger partial charge in [0.25, 0.3) is 0 Å². The van der Waals surface area contributed by atoms with Crippen LogP contribution < -0.4 is 5.32 Å². The second-order valence-corrected chi connectivity index (χ2v) is 5.05. The van der Waals surface area contributed by atoms with Gasteiger partial charge in [-0.15, -0.1) is 0 Å². The lowest BCUT2D eigenvalue weighted by Crippen LogP contribution is -2.40. The molecule has 1 heterocycles. The lowest BCUT2D eigenvalue weighted by molar-refractivity contribution is 0.184. The minimum atomic E-state index is 0.852. The van der Waals surface area contributed by atoms with Gasteiger partial charge in [-0.2, -0.15) is 0 Å². The van der Waals surface area contributed by atoms with Gasteiger partial charge in [0.2, 0.25) is 0 Å². The first-order valence-electron chi connectivity index (χ1n) is 6.86. The van der Waals surface area contributed by atoms with E-state index in [4.69, 9.17) is 0 Å². The molecule has 1 N–H and O–H groups in total. The Balaban J connectivity index is 2.21. The zero-order valence-electron chi connectivity index (χ0n) is 11.1. The molecular formula is C14H28N2.